The number of aliphatic imine (C=N–C) groups is 2. The molecule has 1 aromatic heterocycles. The number of carbonyl (C=O) groups excluding carboxylic acids is 2. The van der Waals surface area contributed by atoms with Crippen LogP contribution >= 0.6 is 0 Å². The molecule has 3 heterocycles. The number of pyridine rings is 1. The van der Waals surface area contributed by atoms with Gasteiger partial charge in [0.15, 0.2) is 5.84 Å². The molecule has 0 bridgehead atoms. The predicted octanol–water partition coefficient (Wildman–Crippen LogP) is 1.76. The number of hydrogen-bond donors (Lipinski definition) is 2. The van der Waals surface area contributed by atoms with Crippen LogP contribution in [0, 0.1) is 18.3 Å². The van der Waals surface area contributed by atoms with Crippen LogP contribution in [0.5, 0.6) is 0 Å². The number of anilines is 1. The summed E-state index contributed by atoms with van der Waals surface area (Å²) in [6.07, 6.45) is 5.98. The summed E-state index contributed by atoms with van der Waals surface area (Å²) in [5, 5.41) is 4.45. The molecule has 160 valence electrons. The van der Waals surface area contributed by atoms with Gasteiger partial charge in [-0.3, -0.25) is 20.0 Å². The van der Waals surface area contributed by atoms with Crippen molar-refractivity contribution >= 4 is 29.3 Å². The van der Waals surface area contributed by atoms with Gasteiger partial charge in [-0.15, -0.1) is 6.42 Å². The molecule has 3 amide bonds. The highest BCUT2D eigenvalue weighted by Gasteiger charge is 2.44. The number of aromatic nitrogens is 1. The van der Waals surface area contributed by atoms with E-state index in [1.54, 1.807) is 6.07 Å². The summed E-state index contributed by atoms with van der Waals surface area (Å²) < 4.78 is 37.2. The van der Waals surface area contributed by atoms with Crippen molar-refractivity contribution in [3.63, 3.8) is 0 Å². The fourth-order valence-electron chi connectivity index (χ4n) is 3.27. The van der Waals surface area contributed by atoms with Crippen LogP contribution in [0.2, 0.25) is 0 Å². The van der Waals surface area contributed by atoms with E-state index in [0.29, 0.717) is 17.8 Å². The van der Waals surface area contributed by atoms with Crippen LogP contribution in [-0.2, 0) is 4.79 Å². The Morgan fingerprint density at radius 1 is 1.32 bits per heavy atom. The number of fused-ring (bicyclic) bond motifs is 2. The largest absolute Gasteiger partial charge is 0.405 e. The Kier molecular flexibility index (Phi) is 5.22. The average molecular weight is 430 g/mol. The maximum Gasteiger partial charge on any atom is 0.405 e. The lowest BCUT2D eigenvalue weighted by Gasteiger charge is -2.26. The second-order valence-corrected chi connectivity index (χ2v) is 7.28. The van der Waals surface area contributed by atoms with Gasteiger partial charge < -0.3 is 5.32 Å². The second-order valence-electron chi connectivity index (χ2n) is 7.28. The molecule has 2 aliphatic heterocycles. The van der Waals surface area contributed by atoms with Crippen molar-refractivity contribution < 1.29 is 22.8 Å². The molecule has 31 heavy (non-hydrogen) atoms. The Bertz CT molecular complexity index is 1060. The molecule has 1 saturated carbocycles. The Labute approximate surface area is 175 Å². The lowest BCUT2D eigenvalue weighted by molar-refractivity contribution is -0.138. The molecule has 1 fully saturated rings. The maximum atomic E-state index is 13.0. The van der Waals surface area contributed by atoms with Gasteiger partial charge in [-0.05, 0) is 30.7 Å². The molecule has 3 atom stereocenters. The highest BCUT2D eigenvalue weighted by Crippen LogP contribution is 2.37. The smallest absolute Gasteiger partial charge is 0.345 e. The van der Waals surface area contributed by atoms with Crippen molar-refractivity contribution in [3.05, 3.63) is 36.0 Å². The third kappa shape index (κ3) is 4.74. The minimum atomic E-state index is -4.54. The van der Waals surface area contributed by atoms with Gasteiger partial charge in [-0.2, -0.15) is 13.2 Å². The zero-order chi connectivity index (χ0) is 22.2. The van der Waals surface area contributed by atoms with E-state index >= 15 is 0 Å². The topological polar surface area (TPSA) is 99.0 Å². The van der Waals surface area contributed by atoms with E-state index in [9.17, 15) is 22.8 Å². The van der Waals surface area contributed by atoms with Gasteiger partial charge in [0.1, 0.15) is 24.1 Å². The summed E-state index contributed by atoms with van der Waals surface area (Å²) in [6, 6.07) is 1.43. The highest BCUT2D eigenvalue weighted by molar-refractivity contribution is 6.48. The first kappa shape index (κ1) is 20.6. The summed E-state index contributed by atoms with van der Waals surface area (Å²) in [7, 11) is 0. The molecule has 0 radical (unpaired) electrons. The van der Waals surface area contributed by atoms with Crippen LogP contribution in [0.15, 0.2) is 40.5 Å². The van der Waals surface area contributed by atoms with Gasteiger partial charge in [0.25, 0.3) is 0 Å². The molecule has 1 aromatic rings. The molecule has 1 aliphatic carbocycles. The number of amidine groups is 1. The maximum absolute atomic E-state index is 13.0. The van der Waals surface area contributed by atoms with Gasteiger partial charge in [0.05, 0.1) is 6.04 Å². The molecular formula is C20H17F3N6O2. The van der Waals surface area contributed by atoms with Crippen LogP contribution in [0.4, 0.5) is 23.8 Å². The van der Waals surface area contributed by atoms with Crippen molar-refractivity contribution in [3.8, 4) is 12.3 Å². The zero-order valence-corrected chi connectivity index (χ0v) is 16.1. The number of urea groups is 1. The van der Waals surface area contributed by atoms with Crippen LogP contribution in [0.3, 0.4) is 0 Å². The molecular weight excluding hydrogens is 413 g/mol. The number of carbonyl (C=O) groups is 2. The quantitative estimate of drug-likeness (QED) is 0.715. The van der Waals surface area contributed by atoms with Crippen molar-refractivity contribution in [2.75, 3.05) is 18.4 Å². The lowest BCUT2D eigenvalue weighted by atomic mass is 10.1. The number of alkyl halides is 3. The molecule has 0 aromatic carbocycles. The number of nitrogens with zero attached hydrogens (tertiary/aromatic N) is 4. The Morgan fingerprint density at radius 3 is 2.87 bits per heavy atom. The fourth-order valence-corrected chi connectivity index (χ4v) is 3.27. The number of rotatable bonds is 3. The molecule has 0 saturated heterocycles. The molecule has 4 rings (SSSR count). The van der Waals surface area contributed by atoms with E-state index < -0.39 is 30.7 Å². The van der Waals surface area contributed by atoms with Gasteiger partial charge in [-0.25, -0.2) is 14.8 Å². The zero-order valence-electron chi connectivity index (χ0n) is 16.1. The first-order valence-electron chi connectivity index (χ1n) is 9.43. The van der Waals surface area contributed by atoms with Crippen molar-refractivity contribution in [2.24, 2.45) is 15.9 Å². The summed E-state index contributed by atoms with van der Waals surface area (Å²) in [5.74, 6) is 2.04. The fraction of sp³-hybridized carbons (Fsp3) is 0.350. The van der Waals surface area contributed by atoms with E-state index in [1.807, 2.05) is 5.32 Å². The number of hydrogen-bond acceptors (Lipinski definition) is 5. The Balaban J connectivity index is 1.56. The normalized spacial score (nSPS) is 23.9. The highest BCUT2D eigenvalue weighted by atomic mass is 19.4. The number of terminal acetylenes is 1. The van der Waals surface area contributed by atoms with E-state index in [1.165, 1.54) is 29.3 Å². The van der Waals surface area contributed by atoms with E-state index in [-0.39, 0.29) is 23.6 Å². The van der Waals surface area contributed by atoms with Crippen molar-refractivity contribution in [1.82, 2.24) is 15.2 Å². The summed E-state index contributed by atoms with van der Waals surface area (Å²) in [6.45, 7) is -1.16. The molecule has 11 heteroatoms. The minimum absolute atomic E-state index is 0.0427. The first-order chi connectivity index (χ1) is 14.7. The van der Waals surface area contributed by atoms with Crippen LogP contribution in [-0.4, -0.2) is 64.7 Å². The molecule has 0 spiro atoms. The van der Waals surface area contributed by atoms with E-state index in [2.05, 4.69) is 26.2 Å². The van der Waals surface area contributed by atoms with Crippen LogP contribution in [0.1, 0.15) is 12.0 Å². The molecule has 2 N–H and O–H groups in total. The standard InChI is InChI=1S/C20H17F3N6O2/c1-2-11-5-6-24-16(7-11)28-19(31)29-9-12-8-15(12)26-13-3-4-14(27-17(13)29)18(30)25-10-20(21,22)23/h1,3-7,12,14-15H,8-10H2,(H,25,30)(H,24,28,31). The second kappa shape index (κ2) is 7.86. The summed E-state index contributed by atoms with van der Waals surface area (Å²) in [4.78, 5) is 39.3. The van der Waals surface area contributed by atoms with E-state index in [4.69, 9.17) is 6.42 Å². The monoisotopic (exact) mass is 430 g/mol. The predicted molar refractivity (Wildman–Crippen MR) is 107 cm³/mol. The first-order valence-corrected chi connectivity index (χ1v) is 9.43. The number of dihydropyridines is 1. The van der Waals surface area contributed by atoms with Gasteiger partial charge in [-0.1, -0.05) is 5.92 Å². The number of nitrogens with one attached hydrogen (secondary N) is 2. The third-order valence-corrected chi connectivity index (χ3v) is 4.93. The van der Waals surface area contributed by atoms with Crippen LogP contribution in [0.25, 0.3) is 0 Å². The average Bonchev–Trinajstić information content (AvgIpc) is 3.48. The molecule has 3 aliphatic rings. The minimum Gasteiger partial charge on any atom is -0.345 e. The Hall–Kier alpha value is -3.68. The van der Waals surface area contributed by atoms with E-state index in [0.717, 1.165) is 6.42 Å². The summed E-state index contributed by atoms with van der Waals surface area (Å²) in [5.41, 5.74) is 0.940. The number of amides is 3. The van der Waals surface area contributed by atoms with Gasteiger partial charge >= 0.3 is 12.2 Å². The summed E-state index contributed by atoms with van der Waals surface area (Å²) >= 11 is 0. The van der Waals surface area contributed by atoms with Gasteiger partial charge in [0.2, 0.25) is 5.91 Å². The van der Waals surface area contributed by atoms with Crippen molar-refractivity contribution in [2.45, 2.75) is 24.7 Å². The van der Waals surface area contributed by atoms with Gasteiger partial charge in [0, 0.05) is 24.2 Å². The third-order valence-electron chi connectivity index (χ3n) is 4.93. The van der Waals surface area contributed by atoms with Crippen molar-refractivity contribution in [1.29, 1.82) is 0 Å². The Morgan fingerprint density at radius 2 is 2.13 bits per heavy atom. The number of halogens is 3. The SMILES string of the molecule is C#Cc1ccnc(NC(=O)N2CC3CC3N=C3C=CC(C(=O)NCC(F)(F)F)N=C32)c1. The lowest BCUT2D eigenvalue weighted by Crippen LogP contribution is -2.47. The molecule has 3 unspecified atom stereocenters. The van der Waals surface area contributed by atoms with Crippen LogP contribution < -0.4 is 10.6 Å². The molecule has 8 nitrogen and oxygen atoms in total.